The highest BCUT2D eigenvalue weighted by atomic mass is 16.6. The van der Waals surface area contributed by atoms with Gasteiger partial charge in [0.15, 0.2) is 0 Å². The number of carbonyl (C=O) groups is 3. The van der Waals surface area contributed by atoms with E-state index in [0.29, 0.717) is 12.8 Å². The van der Waals surface area contributed by atoms with Gasteiger partial charge in [0, 0.05) is 32.1 Å². The van der Waals surface area contributed by atoms with Crippen LogP contribution in [-0.2, 0) is 28.6 Å². The van der Waals surface area contributed by atoms with Crippen LogP contribution in [0.5, 0.6) is 0 Å². The van der Waals surface area contributed by atoms with E-state index in [9.17, 15) is 14.4 Å². The molecule has 0 amide bonds. The number of fused-ring (bicyclic) bond motifs is 1. The Labute approximate surface area is 148 Å². The maximum atomic E-state index is 11.6. The third kappa shape index (κ3) is 5.58. The number of hydrogen-bond acceptors (Lipinski definition) is 6. The van der Waals surface area contributed by atoms with Crippen molar-refractivity contribution in [1.82, 2.24) is 0 Å². The summed E-state index contributed by atoms with van der Waals surface area (Å²) in [4.78, 5) is 34.3. The lowest BCUT2D eigenvalue weighted by Gasteiger charge is -2.20. The SMILES string of the molecule is CCCCC[C@@H](/C=C/[C@@H]1[C@@H]2CC(=O)O[C@@H]2C[C@H]1OC(C)=O)OC(C)=O. The molecule has 0 unspecified atom stereocenters. The number of rotatable bonds is 8. The molecule has 5 atom stereocenters. The van der Waals surface area contributed by atoms with Gasteiger partial charge in [-0.1, -0.05) is 25.8 Å². The van der Waals surface area contributed by atoms with Crippen molar-refractivity contribution in [3.63, 3.8) is 0 Å². The lowest BCUT2D eigenvalue weighted by Crippen LogP contribution is -2.24. The van der Waals surface area contributed by atoms with Crippen molar-refractivity contribution < 1.29 is 28.6 Å². The van der Waals surface area contributed by atoms with Crippen molar-refractivity contribution in [2.24, 2.45) is 11.8 Å². The van der Waals surface area contributed by atoms with E-state index in [-0.39, 0.29) is 48.1 Å². The predicted octanol–water partition coefficient (Wildman–Crippen LogP) is 2.94. The number of ether oxygens (including phenoxy) is 3. The smallest absolute Gasteiger partial charge is 0.306 e. The van der Waals surface area contributed by atoms with Crippen LogP contribution < -0.4 is 0 Å². The fourth-order valence-corrected chi connectivity index (χ4v) is 3.76. The van der Waals surface area contributed by atoms with Crippen molar-refractivity contribution >= 4 is 17.9 Å². The molecule has 6 heteroatoms. The summed E-state index contributed by atoms with van der Waals surface area (Å²) in [6, 6.07) is 0. The molecule has 0 bridgehead atoms. The zero-order valence-corrected chi connectivity index (χ0v) is 15.2. The third-order valence-electron chi connectivity index (χ3n) is 4.83. The Morgan fingerprint density at radius 1 is 1.28 bits per heavy atom. The summed E-state index contributed by atoms with van der Waals surface area (Å²) in [6.07, 6.45) is 7.81. The maximum Gasteiger partial charge on any atom is 0.306 e. The average molecular weight is 352 g/mol. The fraction of sp³-hybridized carbons (Fsp3) is 0.737. The molecular weight excluding hydrogens is 324 g/mol. The summed E-state index contributed by atoms with van der Waals surface area (Å²) in [5.41, 5.74) is 0. The first-order valence-corrected chi connectivity index (χ1v) is 9.13. The summed E-state index contributed by atoms with van der Waals surface area (Å²) >= 11 is 0. The van der Waals surface area contributed by atoms with Crippen LogP contribution in [0.15, 0.2) is 12.2 Å². The highest BCUT2D eigenvalue weighted by Gasteiger charge is 2.50. The van der Waals surface area contributed by atoms with Crippen LogP contribution >= 0.6 is 0 Å². The molecule has 1 saturated carbocycles. The van der Waals surface area contributed by atoms with Crippen molar-refractivity contribution in [3.05, 3.63) is 12.2 Å². The van der Waals surface area contributed by atoms with Gasteiger partial charge >= 0.3 is 17.9 Å². The Morgan fingerprint density at radius 3 is 2.68 bits per heavy atom. The van der Waals surface area contributed by atoms with Crippen LogP contribution in [0.2, 0.25) is 0 Å². The minimum atomic E-state index is -0.339. The Balaban J connectivity index is 2.07. The highest BCUT2D eigenvalue weighted by Crippen LogP contribution is 2.43. The molecule has 0 N–H and O–H groups in total. The zero-order valence-electron chi connectivity index (χ0n) is 15.2. The Morgan fingerprint density at radius 2 is 2.04 bits per heavy atom. The van der Waals surface area contributed by atoms with Gasteiger partial charge in [0.05, 0.1) is 6.42 Å². The van der Waals surface area contributed by atoms with Crippen LogP contribution in [0, 0.1) is 11.8 Å². The van der Waals surface area contributed by atoms with E-state index < -0.39 is 0 Å². The zero-order chi connectivity index (χ0) is 18.4. The topological polar surface area (TPSA) is 78.9 Å². The van der Waals surface area contributed by atoms with Crippen LogP contribution in [0.25, 0.3) is 0 Å². The van der Waals surface area contributed by atoms with E-state index in [1.165, 1.54) is 13.8 Å². The molecule has 2 fully saturated rings. The van der Waals surface area contributed by atoms with E-state index in [4.69, 9.17) is 14.2 Å². The van der Waals surface area contributed by atoms with Crippen LogP contribution in [-0.4, -0.2) is 36.2 Å². The summed E-state index contributed by atoms with van der Waals surface area (Å²) in [6.45, 7) is 4.90. The maximum absolute atomic E-state index is 11.6. The Hall–Kier alpha value is -1.85. The molecule has 1 aliphatic carbocycles. The van der Waals surface area contributed by atoms with Crippen LogP contribution in [0.4, 0.5) is 0 Å². The molecule has 0 spiro atoms. The number of hydrogen-bond donors (Lipinski definition) is 0. The van der Waals surface area contributed by atoms with Gasteiger partial charge < -0.3 is 14.2 Å². The molecule has 0 radical (unpaired) electrons. The summed E-state index contributed by atoms with van der Waals surface area (Å²) in [5, 5.41) is 0. The van der Waals surface area contributed by atoms with Gasteiger partial charge in [0.25, 0.3) is 0 Å². The molecule has 25 heavy (non-hydrogen) atoms. The molecule has 0 aromatic heterocycles. The second kappa shape index (κ2) is 9.02. The Bertz CT molecular complexity index is 526. The second-order valence-corrected chi connectivity index (χ2v) is 6.89. The standard InChI is InChI=1S/C19H28O6/c1-4-5-6-7-14(23-12(2)20)8-9-15-16-10-19(22)25-18(16)11-17(15)24-13(3)21/h8-9,14-18H,4-7,10-11H2,1-3H3/b9-8+/t14-,15+,16-,17+,18+/m0/s1. The first kappa shape index (κ1) is 19.5. The third-order valence-corrected chi connectivity index (χ3v) is 4.83. The van der Waals surface area contributed by atoms with Crippen LogP contribution in [0.1, 0.15) is 59.3 Å². The fourth-order valence-electron chi connectivity index (χ4n) is 3.76. The summed E-state index contributed by atoms with van der Waals surface area (Å²) in [7, 11) is 0. The lowest BCUT2D eigenvalue weighted by atomic mass is 9.91. The van der Waals surface area contributed by atoms with Gasteiger partial charge in [0.2, 0.25) is 0 Å². The van der Waals surface area contributed by atoms with E-state index in [1.54, 1.807) is 0 Å². The molecule has 1 saturated heterocycles. The molecule has 6 nitrogen and oxygen atoms in total. The van der Waals surface area contributed by atoms with Gasteiger partial charge in [-0.15, -0.1) is 0 Å². The molecule has 2 aliphatic rings. The monoisotopic (exact) mass is 352 g/mol. The molecule has 2 rings (SSSR count). The van der Waals surface area contributed by atoms with Crippen molar-refractivity contribution in [2.45, 2.75) is 77.6 Å². The van der Waals surface area contributed by atoms with Gasteiger partial charge in [-0.3, -0.25) is 14.4 Å². The Kier molecular flexibility index (Phi) is 7.02. The largest absolute Gasteiger partial charge is 0.462 e. The van der Waals surface area contributed by atoms with Crippen molar-refractivity contribution in [3.8, 4) is 0 Å². The van der Waals surface area contributed by atoms with Gasteiger partial charge in [-0.25, -0.2) is 0 Å². The quantitative estimate of drug-likeness (QED) is 0.289. The van der Waals surface area contributed by atoms with Gasteiger partial charge in [-0.2, -0.15) is 0 Å². The highest BCUT2D eigenvalue weighted by molar-refractivity contribution is 5.72. The van der Waals surface area contributed by atoms with E-state index in [0.717, 1.165) is 25.7 Å². The van der Waals surface area contributed by atoms with Crippen molar-refractivity contribution in [2.75, 3.05) is 0 Å². The molecular formula is C19H28O6. The van der Waals surface area contributed by atoms with Gasteiger partial charge in [0.1, 0.15) is 18.3 Å². The predicted molar refractivity (Wildman–Crippen MR) is 90.5 cm³/mol. The molecule has 1 aliphatic heterocycles. The number of esters is 3. The minimum absolute atomic E-state index is 0.0155. The first-order valence-electron chi connectivity index (χ1n) is 9.13. The minimum Gasteiger partial charge on any atom is -0.462 e. The first-order chi connectivity index (χ1) is 11.9. The lowest BCUT2D eigenvalue weighted by molar-refractivity contribution is -0.149. The summed E-state index contributed by atoms with van der Waals surface area (Å²) < 4.78 is 16.1. The van der Waals surface area contributed by atoms with E-state index in [1.807, 2.05) is 12.2 Å². The number of unbranched alkanes of at least 4 members (excludes halogenated alkanes) is 2. The van der Waals surface area contributed by atoms with Crippen LogP contribution in [0.3, 0.4) is 0 Å². The normalized spacial score (nSPS) is 29.3. The van der Waals surface area contributed by atoms with E-state index >= 15 is 0 Å². The summed E-state index contributed by atoms with van der Waals surface area (Å²) in [5.74, 6) is -0.930. The second-order valence-electron chi connectivity index (χ2n) is 6.89. The number of carbonyl (C=O) groups excluding carboxylic acids is 3. The molecule has 1 heterocycles. The van der Waals surface area contributed by atoms with E-state index in [2.05, 4.69) is 6.92 Å². The van der Waals surface area contributed by atoms with Crippen molar-refractivity contribution in [1.29, 1.82) is 0 Å². The molecule has 0 aromatic rings. The molecule has 0 aromatic carbocycles. The van der Waals surface area contributed by atoms with Gasteiger partial charge in [-0.05, 0) is 18.9 Å². The molecule has 140 valence electrons. The average Bonchev–Trinajstić information content (AvgIpc) is 2.99.